The van der Waals surface area contributed by atoms with Crippen LogP contribution in [0, 0.1) is 0 Å². The summed E-state index contributed by atoms with van der Waals surface area (Å²) in [5.74, 6) is 0. The van der Waals surface area contributed by atoms with E-state index in [0.717, 1.165) is 10.9 Å². The zero-order chi connectivity index (χ0) is 10.5. The minimum Gasteiger partial charge on any atom is -1.00 e. The number of halogens is 1. The molecule has 0 N–H and O–H groups in total. The third-order valence-electron chi connectivity index (χ3n) is 1.90. The molecule has 84 valence electrons. The minimum absolute atomic E-state index is 0. The Morgan fingerprint density at radius 1 is 0.941 bits per heavy atom. The van der Waals surface area contributed by atoms with Crippen LogP contribution in [-0.4, -0.2) is 17.1 Å². The molecule has 6 heteroatoms. The molecule has 0 aliphatic carbocycles. The Bertz CT molecular complexity index is 379. The second-order valence-electron chi connectivity index (χ2n) is 2.85. The van der Waals surface area contributed by atoms with E-state index in [1.807, 2.05) is 36.4 Å². The number of pyridine rings is 2. The number of aromatic nitrogens is 2. The second kappa shape index (κ2) is 8.64. The maximum Gasteiger partial charge on any atom is 1.00 e. The molecule has 0 saturated carbocycles. The quantitative estimate of drug-likeness (QED) is 0.412. The van der Waals surface area contributed by atoms with Crippen LogP contribution >= 0.6 is 8.15 Å². The topological polar surface area (TPSA) is 35.0 Å². The maximum absolute atomic E-state index is 5.46. The molecular weight excluding hydrogens is 250 g/mol. The van der Waals surface area contributed by atoms with E-state index in [1.165, 1.54) is 0 Å². The van der Waals surface area contributed by atoms with Gasteiger partial charge in [-0.3, -0.25) is 9.97 Å². The van der Waals surface area contributed by atoms with Crippen molar-refractivity contribution in [2.75, 3.05) is 7.11 Å². The molecule has 0 spiro atoms. The van der Waals surface area contributed by atoms with Gasteiger partial charge < -0.3 is 16.9 Å². The van der Waals surface area contributed by atoms with E-state index in [1.54, 1.807) is 19.5 Å². The average molecular weight is 261 g/mol. The first-order chi connectivity index (χ1) is 7.42. The van der Waals surface area contributed by atoms with Gasteiger partial charge in [-0.15, -0.1) is 0 Å². The predicted octanol–water partition coefficient (Wildman–Crippen LogP) is -4.52. The molecule has 3 nitrogen and oxygen atoms in total. The summed E-state index contributed by atoms with van der Waals surface area (Å²) in [5.41, 5.74) is 1.88. The van der Waals surface area contributed by atoms with E-state index in [9.17, 15) is 0 Å². The van der Waals surface area contributed by atoms with E-state index in [2.05, 4.69) is 9.97 Å². The summed E-state index contributed by atoms with van der Waals surface area (Å²) in [6.45, 7) is 0. The molecular formula is C11H11ClLiN2OP. The van der Waals surface area contributed by atoms with Gasteiger partial charge in [-0.25, -0.2) is 0 Å². The van der Waals surface area contributed by atoms with Gasteiger partial charge in [0.15, 0.2) is 0 Å². The monoisotopic (exact) mass is 260 g/mol. The van der Waals surface area contributed by atoms with E-state index < -0.39 is 8.15 Å². The molecule has 0 atom stereocenters. The van der Waals surface area contributed by atoms with Crippen molar-refractivity contribution in [2.45, 2.75) is 0 Å². The molecule has 0 bridgehead atoms. The molecule has 2 heterocycles. The Balaban J connectivity index is 0.00000128. The van der Waals surface area contributed by atoms with E-state index in [0.29, 0.717) is 0 Å². The van der Waals surface area contributed by atoms with Crippen molar-refractivity contribution >= 4 is 19.0 Å². The van der Waals surface area contributed by atoms with Crippen molar-refractivity contribution in [1.29, 1.82) is 0 Å². The molecule has 0 aliphatic rings. The van der Waals surface area contributed by atoms with Crippen LogP contribution in [0.15, 0.2) is 48.8 Å². The zero-order valence-corrected chi connectivity index (χ0v) is 11.4. The minimum atomic E-state index is -0.871. The summed E-state index contributed by atoms with van der Waals surface area (Å²) in [6.07, 6.45) is 3.54. The molecule has 0 aromatic carbocycles. The molecule has 2 aromatic heterocycles. The Morgan fingerprint density at radius 3 is 1.71 bits per heavy atom. The van der Waals surface area contributed by atoms with Gasteiger partial charge in [0.25, 0.3) is 0 Å². The van der Waals surface area contributed by atoms with Crippen LogP contribution in [0.5, 0.6) is 0 Å². The number of hydrogen-bond donors (Lipinski definition) is 0. The van der Waals surface area contributed by atoms with Gasteiger partial charge in [-0.2, -0.15) is 0 Å². The van der Waals surface area contributed by atoms with Crippen molar-refractivity contribution in [3.63, 3.8) is 0 Å². The van der Waals surface area contributed by atoms with Gasteiger partial charge >= 0.3 is 18.9 Å². The summed E-state index contributed by atoms with van der Waals surface area (Å²) < 4.78 is 5.46. The summed E-state index contributed by atoms with van der Waals surface area (Å²) in [4.78, 5) is 8.58. The second-order valence-corrected chi connectivity index (χ2v) is 4.72. The van der Waals surface area contributed by atoms with Crippen LogP contribution in [0.1, 0.15) is 0 Å². The van der Waals surface area contributed by atoms with Crippen LogP contribution in [0.2, 0.25) is 0 Å². The number of rotatable bonds is 3. The molecule has 0 radical (unpaired) electrons. The Labute approximate surface area is 120 Å². The van der Waals surface area contributed by atoms with Gasteiger partial charge in [0.05, 0.1) is 10.9 Å². The normalized spacial score (nSPS) is 9.29. The van der Waals surface area contributed by atoms with Crippen LogP contribution in [0.4, 0.5) is 0 Å². The first kappa shape index (κ1) is 16.6. The first-order valence-corrected chi connectivity index (χ1v) is 5.84. The summed E-state index contributed by atoms with van der Waals surface area (Å²) in [5, 5.41) is 0. The fraction of sp³-hybridized carbons (Fsp3) is 0.0909. The fourth-order valence-corrected chi connectivity index (χ4v) is 2.65. The van der Waals surface area contributed by atoms with Gasteiger partial charge in [0, 0.05) is 19.5 Å². The number of hydrogen-bond acceptors (Lipinski definition) is 3. The zero-order valence-electron chi connectivity index (χ0n) is 9.75. The molecule has 2 aromatic rings. The molecule has 0 saturated heterocycles. The summed E-state index contributed by atoms with van der Waals surface area (Å²) >= 11 is 0. The van der Waals surface area contributed by atoms with Crippen LogP contribution in [-0.2, 0) is 4.52 Å². The SMILES string of the molecule is COP(c1ccccn1)c1ccccn1.[Cl-].[Li+]. The van der Waals surface area contributed by atoms with Gasteiger partial charge in [-0.1, -0.05) is 12.1 Å². The molecule has 0 amide bonds. The first-order valence-electron chi connectivity index (χ1n) is 4.58. The predicted molar refractivity (Wildman–Crippen MR) is 61.7 cm³/mol. The van der Waals surface area contributed by atoms with Crippen molar-refractivity contribution in [2.24, 2.45) is 0 Å². The standard InChI is InChI=1S/C11H11N2OP.ClH.Li/c1-14-15(10-6-2-4-8-12-10)11-7-3-5-9-13-11;;/h2-9H,1H3;1H;/q;;+1/p-1. The Kier molecular flexibility index (Phi) is 8.42. The van der Waals surface area contributed by atoms with Crippen molar-refractivity contribution in [1.82, 2.24) is 9.97 Å². The summed E-state index contributed by atoms with van der Waals surface area (Å²) in [6, 6.07) is 11.6. The fourth-order valence-electron chi connectivity index (χ4n) is 1.25. The van der Waals surface area contributed by atoms with Crippen molar-refractivity contribution in [3.05, 3.63) is 48.8 Å². The van der Waals surface area contributed by atoms with Crippen LogP contribution in [0.3, 0.4) is 0 Å². The van der Waals surface area contributed by atoms with Crippen LogP contribution in [0.25, 0.3) is 0 Å². The van der Waals surface area contributed by atoms with Crippen molar-refractivity contribution in [3.8, 4) is 0 Å². The molecule has 0 unspecified atom stereocenters. The van der Waals surface area contributed by atoms with Gasteiger partial charge in [0.2, 0.25) is 0 Å². The molecule has 17 heavy (non-hydrogen) atoms. The van der Waals surface area contributed by atoms with Gasteiger partial charge in [-0.05, 0) is 24.3 Å². The van der Waals surface area contributed by atoms with E-state index in [4.69, 9.17) is 4.52 Å². The average Bonchev–Trinajstić information content (AvgIpc) is 2.33. The van der Waals surface area contributed by atoms with E-state index >= 15 is 0 Å². The molecule has 0 aliphatic heterocycles. The summed E-state index contributed by atoms with van der Waals surface area (Å²) in [7, 11) is 0.819. The Hall–Kier alpha value is -0.423. The third kappa shape index (κ3) is 4.39. The largest absolute Gasteiger partial charge is 1.00 e. The number of nitrogens with zero attached hydrogens (tertiary/aromatic N) is 2. The van der Waals surface area contributed by atoms with Gasteiger partial charge in [0.1, 0.15) is 8.15 Å². The maximum atomic E-state index is 5.46. The molecule has 2 rings (SSSR count). The molecule has 0 fully saturated rings. The van der Waals surface area contributed by atoms with Crippen molar-refractivity contribution < 1.29 is 35.8 Å². The van der Waals surface area contributed by atoms with Crippen LogP contribution < -0.4 is 42.1 Å². The third-order valence-corrected chi connectivity index (χ3v) is 3.62. The Morgan fingerprint density at radius 2 is 1.41 bits per heavy atom. The smallest absolute Gasteiger partial charge is 1.00 e. The van der Waals surface area contributed by atoms with E-state index in [-0.39, 0.29) is 31.3 Å².